The number of thiazole rings is 1. The lowest BCUT2D eigenvalue weighted by Crippen LogP contribution is -2.20. The van der Waals surface area contributed by atoms with E-state index in [1.165, 1.54) is 12.1 Å². The summed E-state index contributed by atoms with van der Waals surface area (Å²) in [5.41, 5.74) is 0.593. The van der Waals surface area contributed by atoms with Gasteiger partial charge in [-0.2, -0.15) is 8.42 Å². The number of primary sulfonamides is 1. The molecule has 156 valence electrons. The van der Waals surface area contributed by atoms with Gasteiger partial charge in [-0.15, -0.1) is 4.40 Å². The lowest BCUT2D eigenvalue weighted by molar-refractivity contribution is 0.139. The lowest BCUT2D eigenvalue weighted by Gasteiger charge is -2.06. The molecular weight excluding hydrogens is 441 g/mol. The Kier molecular flexibility index (Phi) is 6.19. The van der Waals surface area contributed by atoms with Crippen molar-refractivity contribution in [3.63, 3.8) is 0 Å². The minimum absolute atomic E-state index is 0.0869. The molecule has 1 aromatic heterocycles. The van der Waals surface area contributed by atoms with Crippen molar-refractivity contribution >= 4 is 41.6 Å². The smallest absolute Gasteiger partial charge is 0.285 e. The predicted octanol–water partition coefficient (Wildman–Crippen LogP) is 1.82. The molecule has 0 aliphatic heterocycles. The number of ether oxygens (including phenoxy) is 1. The second kappa shape index (κ2) is 8.32. The SMILES string of the molecule is CCOCCn1c(=NS(=O)(=O)c2ccc(F)cc2)sc2cc(S(N)(=O)=O)ccc21. The first kappa shape index (κ1) is 21.6. The Morgan fingerprint density at radius 1 is 1.10 bits per heavy atom. The molecule has 2 aromatic carbocycles. The van der Waals surface area contributed by atoms with E-state index in [0.717, 1.165) is 35.6 Å². The van der Waals surface area contributed by atoms with Crippen LogP contribution < -0.4 is 9.94 Å². The standard InChI is InChI=1S/C17H18FN3O5S3/c1-2-26-10-9-21-15-8-7-14(28(19,22)23)11-16(15)27-17(21)20-29(24,25)13-5-3-12(18)4-6-13/h3-8,11H,2,9-10H2,1H3,(H2,19,22,23). The number of nitrogens with zero attached hydrogens (tertiary/aromatic N) is 2. The molecular formula is C17H18FN3O5S3. The van der Waals surface area contributed by atoms with Gasteiger partial charge in [-0.3, -0.25) is 0 Å². The highest BCUT2D eigenvalue weighted by atomic mass is 32.2. The first-order valence-electron chi connectivity index (χ1n) is 8.42. The molecule has 0 atom stereocenters. The zero-order valence-electron chi connectivity index (χ0n) is 15.3. The van der Waals surface area contributed by atoms with E-state index in [2.05, 4.69) is 4.40 Å². The van der Waals surface area contributed by atoms with Gasteiger partial charge in [0.25, 0.3) is 10.0 Å². The van der Waals surface area contributed by atoms with Gasteiger partial charge in [0.2, 0.25) is 14.8 Å². The van der Waals surface area contributed by atoms with E-state index in [4.69, 9.17) is 9.88 Å². The minimum atomic E-state index is -4.11. The number of sulfonamides is 2. The van der Waals surface area contributed by atoms with Crippen LogP contribution in [0.5, 0.6) is 0 Å². The van der Waals surface area contributed by atoms with E-state index in [-0.39, 0.29) is 14.6 Å². The summed E-state index contributed by atoms with van der Waals surface area (Å²) in [5, 5.41) is 5.18. The number of fused-ring (bicyclic) bond motifs is 1. The molecule has 0 fully saturated rings. The van der Waals surface area contributed by atoms with E-state index in [1.54, 1.807) is 10.6 Å². The van der Waals surface area contributed by atoms with Crippen LogP contribution in [0.1, 0.15) is 6.92 Å². The molecule has 0 saturated carbocycles. The maximum Gasteiger partial charge on any atom is 0.285 e. The summed E-state index contributed by atoms with van der Waals surface area (Å²) < 4.78 is 73.0. The molecule has 3 rings (SSSR count). The molecule has 2 N–H and O–H groups in total. The van der Waals surface area contributed by atoms with Crippen LogP contribution in [-0.2, 0) is 31.3 Å². The number of halogens is 1. The van der Waals surface area contributed by atoms with Crippen molar-refractivity contribution in [1.29, 1.82) is 0 Å². The van der Waals surface area contributed by atoms with Crippen LogP contribution in [0, 0.1) is 5.82 Å². The number of hydrogen-bond donors (Lipinski definition) is 1. The summed E-state index contributed by atoms with van der Waals surface area (Å²) in [6.07, 6.45) is 0. The van der Waals surface area contributed by atoms with Gasteiger partial charge < -0.3 is 9.30 Å². The first-order chi connectivity index (χ1) is 13.6. The first-order valence-corrected chi connectivity index (χ1v) is 12.2. The maximum atomic E-state index is 13.1. The fraction of sp³-hybridized carbons (Fsp3) is 0.235. The van der Waals surface area contributed by atoms with Crippen molar-refractivity contribution in [3.05, 3.63) is 53.1 Å². The van der Waals surface area contributed by atoms with E-state index >= 15 is 0 Å². The highest BCUT2D eigenvalue weighted by molar-refractivity contribution is 7.90. The zero-order valence-corrected chi connectivity index (χ0v) is 17.7. The van der Waals surface area contributed by atoms with Gasteiger partial charge in [-0.25, -0.2) is 17.9 Å². The van der Waals surface area contributed by atoms with Crippen LogP contribution in [0.15, 0.2) is 56.7 Å². The Morgan fingerprint density at radius 3 is 2.38 bits per heavy atom. The summed E-state index contributed by atoms with van der Waals surface area (Å²) in [5.74, 6) is -0.562. The van der Waals surface area contributed by atoms with Gasteiger partial charge in [0.1, 0.15) is 5.82 Å². The molecule has 0 bridgehead atoms. The topological polar surface area (TPSA) is 121 Å². The summed E-state index contributed by atoms with van der Waals surface area (Å²) >= 11 is 1.00. The lowest BCUT2D eigenvalue weighted by atomic mass is 10.3. The summed E-state index contributed by atoms with van der Waals surface area (Å²) in [4.78, 5) is -0.107. The van der Waals surface area contributed by atoms with E-state index in [0.29, 0.717) is 30.0 Å². The van der Waals surface area contributed by atoms with Gasteiger partial charge in [0, 0.05) is 13.2 Å². The number of nitrogens with two attached hydrogens (primary N) is 1. The predicted molar refractivity (Wildman–Crippen MR) is 107 cm³/mol. The van der Waals surface area contributed by atoms with Crippen LogP contribution in [0.25, 0.3) is 10.2 Å². The van der Waals surface area contributed by atoms with Gasteiger partial charge >= 0.3 is 0 Å². The third-order valence-corrected chi connectivity index (χ3v) is 7.30. The molecule has 12 heteroatoms. The fourth-order valence-electron chi connectivity index (χ4n) is 2.58. The van der Waals surface area contributed by atoms with Crippen molar-refractivity contribution in [2.45, 2.75) is 23.3 Å². The van der Waals surface area contributed by atoms with Crippen molar-refractivity contribution < 1.29 is 26.0 Å². The number of benzene rings is 2. The third kappa shape index (κ3) is 4.90. The average molecular weight is 460 g/mol. The van der Waals surface area contributed by atoms with E-state index in [1.807, 2.05) is 6.92 Å². The molecule has 3 aromatic rings. The normalized spacial score (nSPS) is 13.3. The molecule has 0 radical (unpaired) electrons. The molecule has 0 saturated heterocycles. The molecule has 1 heterocycles. The van der Waals surface area contributed by atoms with Crippen LogP contribution >= 0.6 is 11.3 Å². The number of aromatic nitrogens is 1. The van der Waals surface area contributed by atoms with Crippen molar-refractivity contribution in [2.24, 2.45) is 9.54 Å². The second-order valence-electron chi connectivity index (χ2n) is 5.93. The van der Waals surface area contributed by atoms with Crippen LogP contribution in [0.3, 0.4) is 0 Å². The Balaban J connectivity index is 2.19. The van der Waals surface area contributed by atoms with Gasteiger partial charge in [0.05, 0.1) is 26.6 Å². The summed E-state index contributed by atoms with van der Waals surface area (Å²) in [6.45, 7) is 2.93. The fourth-order valence-corrected chi connectivity index (χ4v) is 5.49. The molecule has 0 aliphatic carbocycles. The highest BCUT2D eigenvalue weighted by Gasteiger charge is 2.16. The minimum Gasteiger partial charge on any atom is -0.380 e. The second-order valence-corrected chi connectivity index (χ2v) is 10.1. The highest BCUT2D eigenvalue weighted by Crippen LogP contribution is 2.22. The molecule has 8 nitrogen and oxygen atoms in total. The Morgan fingerprint density at radius 2 is 1.76 bits per heavy atom. The largest absolute Gasteiger partial charge is 0.380 e. The van der Waals surface area contributed by atoms with Crippen LogP contribution in [0.2, 0.25) is 0 Å². The maximum absolute atomic E-state index is 13.1. The number of rotatable bonds is 7. The average Bonchev–Trinajstić information content (AvgIpc) is 2.97. The molecule has 0 unspecified atom stereocenters. The van der Waals surface area contributed by atoms with Crippen molar-refractivity contribution in [1.82, 2.24) is 4.57 Å². The number of hydrogen-bond acceptors (Lipinski definition) is 6. The molecule has 0 spiro atoms. The van der Waals surface area contributed by atoms with Crippen molar-refractivity contribution in [2.75, 3.05) is 13.2 Å². The monoisotopic (exact) mass is 459 g/mol. The Bertz CT molecular complexity index is 1310. The zero-order chi connectivity index (χ0) is 21.2. The van der Waals surface area contributed by atoms with Crippen LogP contribution in [0.4, 0.5) is 4.39 Å². The Hall–Kier alpha value is -2.12. The van der Waals surface area contributed by atoms with E-state index in [9.17, 15) is 21.2 Å². The quantitative estimate of drug-likeness (QED) is 0.540. The molecule has 29 heavy (non-hydrogen) atoms. The third-order valence-electron chi connectivity index (χ3n) is 3.96. The van der Waals surface area contributed by atoms with Crippen molar-refractivity contribution in [3.8, 4) is 0 Å². The van der Waals surface area contributed by atoms with E-state index < -0.39 is 25.9 Å². The summed E-state index contributed by atoms with van der Waals surface area (Å²) in [7, 11) is -8.02. The van der Waals surface area contributed by atoms with Gasteiger partial charge in [0.15, 0.2) is 0 Å². The van der Waals surface area contributed by atoms with Gasteiger partial charge in [-0.05, 0) is 49.4 Å². The van der Waals surface area contributed by atoms with Gasteiger partial charge in [-0.1, -0.05) is 11.3 Å². The molecule has 0 aliphatic rings. The van der Waals surface area contributed by atoms with Crippen LogP contribution in [-0.4, -0.2) is 34.6 Å². The molecule has 0 amide bonds. The summed E-state index contributed by atoms with van der Waals surface area (Å²) in [6, 6.07) is 8.59. The Labute approximate surface area is 171 Å².